The van der Waals surface area contributed by atoms with E-state index in [2.05, 4.69) is 5.10 Å². The van der Waals surface area contributed by atoms with Crippen molar-refractivity contribution in [1.29, 1.82) is 0 Å². The van der Waals surface area contributed by atoms with Crippen LogP contribution in [-0.4, -0.2) is 27.5 Å². The molecular formula is C23H16Cl2N4O2S. The lowest BCUT2D eigenvalue weighted by atomic mass is 10.2. The lowest BCUT2D eigenvalue weighted by molar-refractivity contribution is -0.123. The number of carbonyl (C=O) groups excluding carboxylic acids is 2. The Balaban J connectivity index is 1.63. The summed E-state index contributed by atoms with van der Waals surface area (Å²) < 4.78 is 0. The molecule has 0 N–H and O–H groups in total. The standard InChI is InChI=1S/C23H16Cl2N4O2S/c24-17-6-10-19(11-7-17)28-21(30)23(29(22(28)31)20-12-8-18(25)9-13-20)27(26-15-32-23)14-16-4-2-1-3-5-16/h1-13,15H,14H2/t23-/m1/s1. The first-order valence-electron chi connectivity index (χ1n) is 9.72. The van der Waals surface area contributed by atoms with Gasteiger partial charge in [0.2, 0.25) is 0 Å². The van der Waals surface area contributed by atoms with Gasteiger partial charge in [-0.25, -0.2) is 14.7 Å². The van der Waals surface area contributed by atoms with E-state index in [1.54, 1.807) is 59.1 Å². The number of amides is 3. The van der Waals surface area contributed by atoms with E-state index in [1.807, 2.05) is 30.3 Å². The van der Waals surface area contributed by atoms with Crippen LogP contribution in [0.5, 0.6) is 0 Å². The maximum absolute atomic E-state index is 13.9. The topological polar surface area (TPSA) is 56.2 Å². The van der Waals surface area contributed by atoms with Gasteiger partial charge in [-0.3, -0.25) is 9.69 Å². The van der Waals surface area contributed by atoms with E-state index < -0.39 is 16.9 Å². The molecule has 1 atom stereocenters. The van der Waals surface area contributed by atoms with Crippen LogP contribution in [0.2, 0.25) is 10.0 Å². The van der Waals surface area contributed by atoms with Gasteiger partial charge >= 0.3 is 6.03 Å². The van der Waals surface area contributed by atoms with Crippen LogP contribution in [0.3, 0.4) is 0 Å². The molecule has 2 aliphatic rings. The molecule has 0 aromatic heterocycles. The highest BCUT2D eigenvalue weighted by atomic mass is 35.5. The van der Waals surface area contributed by atoms with Crippen molar-refractivity contribution in [1.82, 2.24) is 5.01 Å². The summed E-state index contributed by atoms with van der Waals surface area (Å²) in [6.45, 7) is 0.349. The summed E-state index contributed by atoms with van der Waals surface area (Å²) >= 11 is 13.3. The number of rotatable bonds is 4. The van der Waals surface area contributed by atoms with Crippen LogP contribution in [-0.2, 0) is 11.3 Å². The Bertz CT molecular complexity index is 1200. The van der Waals surface area contributed by atoms with Gasteiger partial charge in [0.1, 0.15) is 0 Å². The highest BCUT2D eigenvalue weighted by molar-refractivity contribution is 8.14. The number of halogens is 2. The molecule has 1 saturated heterocycles. The second-order valence-electron chi connectivity index (χ2n) is 7.20. The lowest BCUT2D eigenvalue weighted by Gasteiger charge is -2.37. The van der Waals surface area contributed by atoms with Crippen molar-refractivity contribution in [3.8, 4) is 0 Å². The fraction of sp³-hybridized carbons (Fsp3) is 0.0870. The highest BCUT2D eigenvalue weighted by Gasteiger charge is 2.64. The van der Waals surface area contributed by atoms with Crippen LogP contribution < -0.4 is 9.80 Å². The predicted octanol–water partition coefficient (Wildman–Crippen LogP) is 5.81. The van der Waals surface area contributed by atoms with Gasteiger partial charge in [-0.2, -0.15) is 5.10 Å². The summed E-state index contributed by atoms with van der Waals surface area (Å²) in [7, 11) is 0. The van der Waals surface area contributed by atoms with Gasteiger partial charge in [0.25, 0.3) is 10.9 Å². The summed E-state index contributed by atoms with van der Waals surface area (Å²) in [6, 6.07) is 22.6. The Morgan fingerprint density at radius 1 is 0.812 bits per heavy atom. The number of imide groups is 1. The average molecular weight is 483 g/mol. The molecule has 1 spiro atoms. The molecule has 3 aromatic carbocycles. The van der Waals surface area contributed by atoms with Gasteiger partial charge in [-0.1, -0.05) is 53.5 Å². The van der Waals surface area contributed by atoms with E-state index in [1.165, 1.54) is 21.6 Å². The third-order valence-electron chi connectivity index (χ3n) is 5.27. The fourth-order valence-electron chi connectivity index (χ4n) is 3.78. The van der Waals surface area contributed by atoms with Crippen molar-refractivity contribution in [2.45, 2.75) is 11.5 Å². The Hall–Kier alpha value is -3.00. The van der Waals surface area contributed by atoms with E-state index in [-0.39, 0.29) is 0 Å². The first-order chi connectivity index (χ1) is 15.5. The van der Waals surface area contributed by atoms with E-state index >= 15 is 0 Å². The van der Waals surface area contributed by atoms with E-state index in [0.29, 0.717) is 28.0 Å². The maximum atomic E-state index is 13.9. The molecule has 2 heterocycles. The summed E-state index contributed by atoms with van der Waals surface area (Å²) in [4.78, 5) is 28.9. The highest BCUT2D eigenvalue weighted by Crippen LogP contribution is 2.48. The van der Waals surface area contributed by atoms with Crippen LogP contribution >= 0.6 is 35.0 Å². The van der Waals surface area contributed by atoms with E-state index in [4.69, 9.17) is 23.2 Å². The van der Waals surface area contributed by atoms with Gasteiger partial charge in [-0.15, -0.1) is 0 Å². The molecule has 5 rings (SSSR count). The fourth-order valence-corrected chi connectivity index (χ4v) is 5.05. The predicted molar refractivity (Wildman–Crippen MR) is 129 cm³/mol. The Morgan fingerprint density at radius 3 is 2.03 bits per heavy atom. The molecule has 0 radical (unpaired) electrons. The second kappa shape index (κ2) is 8.16. The number of benzene rings is 3. The smallest absolute Gasteiger partial charge is 0.268 e. The van der Waals surface area contributed by atoms with Gasteiger partial charge in [0.15, 0.2) is 0 Å². The molecule has 9 heteroatoms. The second-order valence-corrected chi connectivity index (χ2v) is 9.09. The Kier molecular flexibility index (Phi) is 5.33. The normalized spacial score (nSPS) is 20.1. The van der Waals surface area contributed by atoms with Crippen LogP contribution in [0.25, 0.3) is 0 Å². The molecule has 2 aliphatic heterocycles. The zero-order chi connectivity index (χ0) is 22.3. The largest absolute Gasteiger partial charge is 0.339 e. The van der Waals surface area contributed by atoms with Gasteiger partial charge in [0.05, 0.1) is 17.8 Å². The van der Waals surface area contributed by atoms with Crippen LogP contribution in [0.1, 0.15) is 5.56 Å². The number of nitrogens with zero attached hydrogens (tertiary/aromatic N) is 4. The number of carbonyl (C=O) groups is 2. The van der Waals surface area contributed by atoms with Crippen molar-refractivity contribution in [2.24, 2.45) is 5.10 Å². The Morgan fingerprint density at radius 2 is 1.41 bits per heavy atom. The summed E-state index contributed by atoms with van der Waals surface area (Å²) in [5.74, 6) is -0.404. The molecule has 6 nitrogen and oxygen atoms in total. The van der Waals surface area contributed by atoms with E-state index in [9.17, 15) is 9.59 Å². The minimum Gasteiger partial charge on any atom is -0.268 e. The molecule has 0 saturated carbocycles. The van der Waals surface area contributed by atoms with Crippen molar-refractivity contribution < 1.29 is 9.59 Å². The molecule has 0 bridgehead atoms. The van der Waals surface area contributed by atoms with Gasteiger partial charge in [0, 0.05) is 15.7 Å². The monoisotopic (exact) mass is 482 g/mol. The summed E-state index contributed by atoms with van der Waals surface area (Å²) in [5, 5.41) is 7.17. The number of hydrogen-bond donors (Lipinski definition) is 0. The molecule has 3 amide bonds. The van der Waals surface area contributed by atoms with Crippen molar-refractivity contribution >= 4 is 63.8 Å². The number of anilines is 2. The Labute approximate surface area is 199 Å². The molecule has 1 fully saturated rings. The van der Waals surface area contributed by atoms with Crippen LogP contribution in [0.15, 0.2) is 84.0 Å². The zero-order valence-corrected chi connectivity index (χ0v) is 18.9. The zero-order valence-electron chi connectivity index (χ0n) is 16.6. The number of urea groups is 1. The van der Waals surface area contributed by atoms with Crippen molar-refractivity contribution in [3.05, 3.63) is 94.5 Å². The van der Waals surface area contributed by atoms with E-state index in [0.717, 1.165) is 5.56 Å². The van der Waals surface area contributed by atoms with Gasteiger partial charge in [-0.05, 0) is 65.9 Å². The third kappa shape index (κ3) is 3.33. The maximum Gasteiger partial charge on any atom is 0.339 e. The average Bonchev–Trinajstić information content (AvgIpc) is 3.30. The minimum atomic E-state index is -1.40. The minimum absolute atomic E-state index is 0.349. The first-order valence-corrected chi connectivity index (χ1v) is 11.4. The van der Waals surface area contributed by atoms with Crippen LogP contribution in [0.4, 0.5) is 16.2 Å². The molecular weight excluding hydrogens is 467 g/mol. The number of hydrazone groups is 1. The SMILES string of the molecule is O=C1N(c2ccc(Cl)cc2)C(=O)[C@]2(SC=NN2Cc2ccccc2)N1c1ccc(Cl)cc1. The molecule has 0 aliphatic carbocycles. The number of thioether (sulfide) groups is 1. The van der Waals surface area contributed by atoms with Gasteiger partial charge < -0.3 is 0 Å². The quantitative estimate of drug-likeness (QED) is 0.440. The van der Waals surface area contributed by atoms with Crippen molar-refractivity contribution in [3.63, 3.8) is 0 Å². The van der Waals surface area contributed by atoms with Crippen molar-refractivity contribution in [2.75, 3.05) is 9.80 Å². The first kappa shape index (κ1) is 20.9. The summed E-state index contributed by atoms with van der Waals surface area (Å²) in [6.07, 6.45) is 0. The molecule has 160 valence electrons. The van der Waals surface area contributed by atoms with Crippen LogP contribution in [0, 0.1) is 0 Å². The molecule has 0 unspecified atom stereocenters. The lowest BCUT2D eigenvalue weighted by Crippen LogP contribution is -2.56. The summed E-state index contributed by atoms with van der Waals surface area (Å²) in [5.41, 5.74) is 3.54. The molecule has 3 aromatic rings. The molecule has 32 heavy (non-hydrogen) atoms. The third-order valence-corrected chi connectivity index (χ3v) is 6.87. The number of hydrogen-bond acceptors (Lipinski definition) is 5.